The predicted molar refractivity (Wildman–Crippen MR) is 117 cm³/mol. The normalized spacial score (nSPS) is 17.6. The molecule has 5 nitrogen and oxygen atoms in total. The molecule has 0 aliphatic carbocycles. The van der Waals surface area contributed by atoms with Crippen molar-refractivity contribution in [3.63, 3.8) is 0 Å². The zero-order valence-electron chi connectivity index (χ0n) is 16.9. The third-order valence-corrected chi connectivity index (χ3v) is 5.58. The van der Waals surface area contributed by atoms with E-state index in [4.69, 9.17) is 0 Å². The standard InChI is InChI=1S/C21H34N4O.ClH/c1-3-6-21(26)18-15-19(23-9-12-24-10-4-5-11-24)17(2)20(16-18)25-13-7-22-8-14-25;/h15-16,22-23H,3-14H2,1-2H3;1H. The number of nitrogens with zero attached hydrogens (tertiary/aromatic N) is 2. The van der Waals surface area contributed by atoms with Crippen LogP contribution in [0.1, 0.15) is 48.5 Å². The van der Waals surface area contributed by atoms with Crippen LogP contribution in [-0.2, 0) is 0 Å². The number of halogens is 1. The van der Waals surface area contributed by atoms with E-state index >= 15 is 0 Å². The number of anilines is 2. The molecule has 0 saturated carbocycles. The molecule has 0 aromatic heterocycles. The third-order valence-electron chi connectivity index (χ3n) is 5.58. The molecule has 152 valence electrons. The summed E-state index contributed by atoms with van der Waals surface area (Å²) in [6.45, 7) is 12.7. The Morgan fingerprint density at radius 2 is 1.85 bits per heavy atom. The van der Waals surface area contributed by atoms with Gasteiger partial charge in [0.15, 0.2) is 5.78 Å². The Balaban J connectivity index is 0.00000261. The van der Waals surface area contributed by atoms with Crippen LogP contribution in [-0.4, -0.2) is 63.0 Å². The summed E-state index contributed by atoms with van der Waals surface area (Å²) in [6.07, 6.45) is 4.17. The van der Waals surface area contributed by atoms with Gasteiger partial charge in [-0.15, -0.1) is 12.4 Å². The smallest absolute Gasteiger partial charge is 0.163 e. The maximum Gasteiger partial charge on any atom is 0.163 e. The number of carbonyl (C=O) groups excluding carboxylic acids is 1. The monoisotopic (exact) mass is 394 g/mol. The van der Waals surface area contributed by atoms with Crippen LogP contribution in [0, 0.1) is 6.92 Å². The summed E-state index contributed by atoms with van der Waals surface area (Å²) in [5.74, 6) is 0.256. The number of hydrogen-bond acceptors (Lipinski definition) is 5. The zero-order chi connectivity index (χ0) is 18.4. The first-order valence-corrected chi connectivity index (χ1v) is 10.3. The first kappa shape index (κ1) is 22.0. The molecule has 2 aliphatic heterocycles. The van der Waals surface area contributed by atoms with E-state index in [0.29, 0.717) is 6.42 Å². The zero-order valence-corrected chi connectivity index (χ0v) is 17.7. The highest BCUT2D eigenvalue weighted by Gasteiger charge is 2.18. The molecule has 1 aromatic rings. The largest absolute Gasteiger partial charge is 0.383 e. The maximum atomic E-state index is 12.6. The van der Waals surface area contributed by atoms with Crippen LogP contribution in [0.4, 0.5) is 11.4 Å². The van der Waals surface area contributed by atoms with Gasteiger partial charge in [-0.1, -0.05) is 6.92 Å². The first-order chi connectivity index (χ1) is 12.7. The van der Waals surface area contributed by atoms with E-state index in [1.807, 2.05) is 0 Å². The fraction of sp³-hybridized carbons (Fsp3) is 0.667. The summed E-state index contributed by atoms with van der Waals surface area (Å²) in [5.41, 5.74) is 4.47. The molecule has 0 spiro atoms. The van der Waals surface area contributed by atoms with Crippen LogP contribution in [0.25, 0.3) is 0 Å². The highest BCUT2D eigenvalue weighted by Crippen LogP contribution is 2.30. The highest BCUT2D eigenvalue weighted by atomic mass is 35.5. The lowest BCUT2D eigenvalue weighted by Crippen LogP contribution is -2.44. The highest BCUT2D eigenvalue weighted by molar-refractivity contribution is 5.98. The van der Waals surface area contributed by atoms with Gasteiger partial charge in [0.2, 0.25) is 0 Å². The van der Waals surface area contributed by atoms with E-state index in [9.17, 15) is 4.79 Å². The van der Waals surface area contributed by atoms with Crippen LogP contribution >= 0.6 is 12.4 Å². The van der Waals surface area contributed by atoms with Gasteiger partial charge in [-0.2, -0.15) is 0 Å². The van der Waals surface area contributed by atoms with E-state index in [2.05, 4.69) is 46.4 Å². The minimum absolute atomic E-state index is 0. The molecule has 0 unspecified atom stereocenters. The minimum atomic E-state index is 0. The predicted octanol–water partition coefficient (Wildman–Crippen LogP) is 3.32. The number of hydrogen-bond donors (Lipinski definition) is 2. The van der Waals surface area contributed by atoms with Crippen molar-refractivity contribution in [3.8, 4) is 0 Å². The van der Waals surface area contributed by atoms with Gasteiger partial charge in [-0.05, 0) is 57.0 Å². The number of nitrogens with one attached hydrogen (secondary N) is 2. The molecule has 6 heteroatoms. The SMILES string of the molecule is CCCC(=O)c1cc(NCCN2CCCC2)c(C)c(N2CCNCC2)c1.Cl. The number of ketones is 1. The molecule has 0 radical (unpaired) electrons. The molecule has 1 aromatic carbocycles. The van der Waals surface area contributed by atoms with Gasteiger partial charge < -0.3 is 20.4 Å². The number of benzene rings is 1. The lowest BCUT2D eigenvalue weighted by molar-refractivity contribution is 0.0982. The lowest BCUT2D eigenvalue weighted by atomic mass is 10.0. The molecule has 3 rings (SSSR count). The molecule has 2 fully saturated rings. The van der Waals surface area contributed by atoms with Crippen LogP contribution in [0.15, 0.2) is 12.1 Å². The Bertz CT molecular complexity index is 610. The van der Waals surface area contributed by atoms with Gasteiger partial charge in [-0.25, -0.2) is 0 Å². The van der Waals surface area contributed by atoms with Gasteiger partial charge >= 0.3 is 0 Å². The van der Waals surface area contributed by atoms with Crippen molar-refractivity contribution < 1.29 is 4.79 Å². The summed E-state index contributed by atoms with van der Waals surface area (Å²) in [6, 6.07) is 4.19. The Labute approximate surface area is 170 Å². The molecule has 0 amide bonds. The van der Waals surface area contributed by atoms with Crippen LogP contribution in [0.3, 0.4) is 0 Å². The third kappa shape index (κ3) is 5.84. The average molecular weight is 395 g/mol. The Hall–Kier alpha value is -1.30. The van der Waals surface area contributed by atoms with Crippen LogP contribution in [0.2, 0.25) is 0 Å². The molecular formula is C21H35ClN4O. The Morgan fingerprint density at radius 1 is 1.15 bits per heavy atom. The van der Waals surface area contributed by atoms with Gasteiger partial charge in [0, 0.05) is 62.6 Å². The molecule has 27 heavy (non-hydrogen) atoms. The van der Waals surface area contributed by atoms with E-state index in [-0.39, 0.29) is 18.2 Å². The molecule has 0 atom stereocenters. The summed E-state index contributed by atoms with van der Waals surface area (Å²) >= 11 is 0. The second-order valence-electron chi connectivity index (χ2n) is 7.55. The number of piperazine rings is 1. The molecule has 2 N–H and O–H groups in total. The quantitative estimate of drug-likeness (QED) is 0.662. The summed E-state index contributed by atoms with van der Waals surface area (Å²) in [5, 5.41) is 7.03. The Kier molecular flexibility index (Phi) is 8.87. The number of Topliss-reactive ketones (excluding diaryl/α,β-unsaturated/α-hetero) is 1. The second-order valence-corrected chi connectivity index (χ2v) is 7.55. The fourth-order valence-corrected chi connectivity index (χ4v) is 4.00. The maximum absolute atomic E-state index is 12.6. The molecule has 2 heterocycles. The van der Waals surface area contributed by atoms with E-state index < -0.39 is 0 Å². The molecule has 0 bridgehead atoms. The van der Waals surface area contributed by atoms with Gasteiger partial charge in [-0.3, -0.25) is 4.79 Å². The Morgan fingerprint density at radius 3 is 2.52 bits per heavy atom. The first-order valence-electron chi connectivity index (χ1n) is 10.3. The van der Waals surface area contributed by atoms with Crippen molar-refractivity contribution in [2.45, 2.75) is 39.5 Å². The lowest BCUT2D eigenvalue weighted by Gasteiger charge is -2.32. The summed E-state index contributed by atoms with van der Waals surface area (Å²) < 4.78 is 0. The minimum Gasteiger partial charge on any atom is -0.383 e. The molecule has 2 aliphatic rings. The van der Waals surface area contributed by atoms with Crippen molar-refractivity contribution in [2.75, 3.05) is 62.6 Å². The second kappa shape index (κ2) is 10.9. The van der Waals surface area contributed by atoms with Crippen molar-refractivity contribution in [1.29, 1.82) is 0 Å². The topological polar surface area (TPSA) is 47.6 Å². The number of rotatable bonds is 8. The van der Waals surface area contributed by atoms with Crippen molar-refractivity contribution in [2.24, 2.45) is 0 Å². The summed E-state index contributed by atoms with van der Waals surface area (Å²) in [7, 11) is 0. The van der Waals surface area contributed by atoms with Crippen molar-refractivity contribution in [1.82, 2.24) is 10.2 Å². The van der Waals surface area contributed by atoms with E-state index in [0.717, 1.165) is 56.9 Å². The average Bonchev–Trinajstić information content (AvgIpc) is 3.17. The van der Waals surface area contributed by atoms with Gasteiger partial charge in [0.05, 0.1) is 0 Å². The molecular weight excluding hydrogens is 360 g/mol. The van der Waals surface area contributed by atoms with Gasteiger partial charge in [0.25, 0.3) is 0 Å². The van der Waals surface area contributed by atoms with Gasteiger partial charge in [0.1, 0.15) is 0 Å². The van der Waals surface area contributed by atoms with Crippen LogP contribution < -0.4 is 15.5 Å². The van der Waals surface area contributed by atoms with Crippen LogP contribution in [0.5, 0.6) is 0 Å². The van der Waals surface area contributed by atoms with E-state index in [1.54, 1.807) is 0 Å². The van der Waals surface area contributed by atoms with Crippen molar-refractivity contribution in [3.05, 3.63) is 23.3 Å². The summed E-state index contributed by atoms with van der Waals surface area (Å²) in [4.78, 5) is 17.5. The number of likely N-dealkylation sites (tertiary alicyclic amines) is 1. The number of carbonyl (C=O) groups is 1. The van der Waals surface area contributed by atoms with E-state index in [1.165, 1.54) is 37.2 Å². The van der Waals surface area contributed by atoms with Crippen molar-refractivity contribution >= 4 is 29.6 Å². The fourth-order valence-electron chi connectivity index (χ4n) is 4.00. The molecule has 2 saturated heterocycles.